The van der Waals surface area contributed by atoms with Gasteiger partial charge in [0.15, 0.2) is 12.4 Å². The number of pyridine rings is 1. The van der Waals surface area contributed by atoms with Gasteiger partial charge in [0.25, 0.3) is 5.91 Å². The van der Waals surface area contributed by atoms with E-state index in [-0.39, 0.29) is 35.0 Å². The maximum atomic E-state index is 16.5. The topological polar surface area (TPSA) is 126 Å². The van der Waals surface area contributed by atoms with Gasteiger partial charge in [-0.05, 0) is 48.6 Å². The molecule has 7 rings (SSSR count). The molecule has 230 valence electrons. The molecule has 5 aromatic rings. The molecule has 2 aliphatic rings. The van der Waals surface area contributed by atoms with Gasteiger partial charge in [-0.2, -0.15) is 18.4 Å². The number of halogens is 3. The zero-order chi connectivity index (χ0) is 31.3. The summed E-state index contributed by atoms with van der Waals surface area (Å²) in [7, 11) is -4.87. The van der Waals surface area contributed by atoms with E-state index in [1.807, 2.05) is 18.2 Å². The molecule has 45 heavy (non-hydrogen) atoms. The first-order valence-electron chi connectivity index (χ1n) is 14.2. The Labute approximate surface area is 261 Å². The lowest BCUT2D eigenvalue weighted by Gasteiger charge is -2.34. The quantitative estimate of drug-likeness (QED) is 0.227. The highest BCUT2D eigenvalue weighted by Gasteiger charge is 2.34. The van der Waals surface area contributed by atoms with Crippen LogP contribution in [0.4, 0.5) is 19.8 Å². The normalized spacial score (nSPS) is 18.0. The summed E-state index contributed by atoms with van der Waals surface area (Å²) in [5.41, 5.74) is 0.779. The van der Waals surface area contributed by atoms with E-state index in [0.717, 1.165) is 30.4 Å². The molecule has 0 saturated carbocycles. The van der Waals surface area contributed by atoms with Crippen molar-refractivity contribution in [1.29, 1.82) is 0 Å². The number of carbonyl (C=O) groups excluding carboxylic acids is 1. The number of carbonyl (C=O) groups is 1. The van der Waals surface area contributed by atoms with Crippen molar-refractivity contribution in [3.63, 3.8) is 0 Å². The fourth-order valence-corrected chi connectivity index (χ4v) is 6.75. The molecule has 0 spiro atoms. The largest absolute Gasteiger partial charge is 0.453 e. The van der Waals surface area contributed by atoms with Gasteiger partial charge in [-0.25, -0.2) is 4.39 Å². The number of hydrogen-bond acceptors (Lipinski definition) is 9. The lowest BCUT2D eigenvalue weighted by Crippen LogP contribution is -2.51. The van der Waals surface area contributed by atoms with E-state index in [1.54, 1.807) is 24.4 Å². The molecule has 2 unspecified atom stereocenters. The summed E-state index contributed by atoms with van der Waals surface area (Å²) in [4.78, 5) is 27.7. The third-order valence-corrected chi connectivity index (χ3v) is 9.17. The molecular weight excluding hydrogens is 626 g/mol. The van der Waals surface area contributed by atoms with E-state index < -0.39 is 33.4 Å². The number of nitrogens with one attached hydrogen (secondary N) is 2. The van der Waals surface area contributed by atoms with Gasteiger partial charge >= 0.3 is 16.2 Å². The van der Waals surface area contributed by atoms with Crippen LogP contribution in [0, 0.1) is 5.82 Å². The molecule has 3 aromatic carbocycles. The average molecular weight is 651 g/mol. The van der Waals surface area contributed by atoms with Crippen molar-refractivity contribution in [1.82, 2.24) is 20.3 Å². The van der Waals surface area contributed by atoms with Crippen LogP contribution < -0.4 is 20.3 Å². The summed E-state index contributed by atoms with van der Waals surface area (Å²) < 4.78 is 57.5. The van der Waals surface area contributed by atoms with E-state index in [1.165, 1.54) is 12.1 Å². The van der Waals surface area contributed by atoms with Crippen LogP contribution in [0.3, 0.4) is 0 Å². The Bertz CT molecular complexity index is 2070. The molecule has 4 heterocycles. The second-order valence-corrected chi connectivity index (χ2v) is 12.8. The summed E-state index contributed by atoms with van der Waals surface area (Å²) >= 11 is 6.53. The number of fused-ring (bicyclic) bond motifs is 4. The Kier molecular flexibility index (Phi) is 7.46. The van der Waals surface area contributed by atoms with E-state index in [4.69, 9.17) is 16.3 Å². The molecule has 2 saturated heterocycles. The summed E-state index contributed by atoms with van der Waals surface area (Å²) in [5.74, 6) is -0.845. The van der Waals surface area contributed by atoms with Crippen molar-refractivity contribution in [3.05, 3.63) is 77.7 Å². The lowest BCUT2D eigenvalue weighted by atomic mass is 10.0. The van der Waals surface area contributed by atoms with Gasteiger partial charge in [0.2, 0.25) is 0 Å². The molecule has 0 radical (unpaired) electrons. The monoisotopic (exact) mass is 650 g/mol. The van der Waals surface area contributed by atoms with Gasteiger partial charge in [0.05, 0.1) is 10.3 Å². The number of rotatable bonds is 7. The minimum atomic E-state index is -4.87. The zero-order valence-corrected chi connectivity index (χ0v) is 25.1. The fraction of sp³-hybridized carbons (Fsp3) is 0.226. The Hall–Kier alpha value is -4.46. The molecule has 10 nitrogen and oxygen atoms in total. The molecule has 2 aromatic heterocycles. The van der Waals surface area contributed by atoms with Gasteiger partial charge in [-0.1, -0.05) is 41.9 Å². The van der Waals surface area contributed by atoms with Crippen LogP contribution >= 0.6 is 11.6 Å². The number of aromatic nitrogens is 3. The Morgan fingerprint density at radius 3 is 2.47 bits per heavy atom. The zero-order valence-electron chi connectivity index (χ0n) is 23.5. The van der Waals surface area contributed by atoms with E-state index in [2.05, 4.69) is 30.5 Å². The van der Waals surface area contributed by atoms with Crippen LogP contribution in [0.1, 0.15) is 12.8 Å². The average Bonchev–Trinajstić information content (AvgIpc) is 3.36. The maximum absolute atomic E-state index is 16.5. The van der Waals surface area contributed by atoms with Crippen LogP contribution in [-0.4, -0.2) is 61.1 Å². The Morgan fingerprint density at radius 1 is 1.04 bits per heavy atom. The van der Waals surface area contributed by atoms with E-state index in [0.29, 0.717) is 40.3 Å². The van der Waals surface area contributed by atoms with Crippen molar-refractivity contribution >= 4 is 60.9 Å². The van der Waals surface area contributed by atoms with Gasteiger partial charge in [0, 0.05) is 53.0 Å². The second-order valence-electron chi connectivity index (χ2n) is 11.0. The third-order valence-electron chi connectivity index (χ3n) is 8.02. The first-order chi connectivity index (χ1) is 21.6. The second kappa shape index (κ2) is 11.5. The molecule has 2 atom stereocenters. The molecule has 2 bridgehead atoms. The minimum Gasteiger partial charge on any atom is -0.453 e. The first-order valence-corrected chi connectivity index (χ1v) is 15.9. The summed E-state index contributed by atoms with van der Waals surface area (Å²) in [6, 6.07) is 15.8. The number of piperazine rings is 1. The Balaban J connectivity index is 1.24. The summed E-state index contributed by atoms with van der Waals surface area (Å²) in [6.45, 7) is 0.768. The van der Waals surface area contributed by atoms with Crippen molar-refractivity contribution in [3.8, 4) is 17.3 Å². The molecular formula is C31H25ClF2N6O4S. The summed E-state index contributed by atoms with van der Waals surface area (Å²) in [6.07, 6.45) is 3.59. The molecule has 0 aliphatic carbocycles. The molecule has 2 fully saturated rings. The van der Waals surface area contributed by atoms with Crippen LogP contribution in [0.25, 0.3) is 32.9 Å². The SMILES string of the molecule is O=C(COc1nc(N2CC3CCC(C2)N3)c2cnc(-c3cccc4cccc(Cl)c34)c(F)c2n1)Nc1ccc(S(=O)(=O)F)cc1. The number of amides is 1. The number of anilines is 2. The summed E-state index contributed by atoms with van der Waals surface area (Å²) in [5, 5.41) is 8.46. The highest BCUT2D eigenvalue weighted by Crippen LogP contribution is 2.38. The van der Waals surface area contributed by atoms with Crippen molar-refractivity contribution in [2.75, 3.05) is 29.9 Å². The van der Waals surface area contributed by atoms with Gasteiger partial charge < -0.3 is 20.3 Å². The van der Waals surface area contributed by atoms with Crippen LogP contribution in [0.15, 0.2) is 71.8 Å². The predicted molar refractivity (Wildman–Crippen MR) is 166 cm³/mol. The van der Waals surface area contributed by atoms with Gasteiger partial charge in [-0.3, -0.25) is 9.78 Å². The lowest BCUT2D eigenvalue weighted by molar-refractivity contribution is -0.118. The van der Waals surface area contributed by atoms with Gasteiger partial charge in [-0.15, -0.1) is 3.89 Å². The first kappa shape index (κ1) is 29.3. The van der Waals surface area contributed by atoms with Crippen LogP contribution in [0.5, 0.6) is 6.01 Å². The van der Waals surface area contributed by atoms with Gasteiger partial charge in [0.1, 0.15) is 17.0 Å². The molecule has 1 amide bonds. The van der Waals surface area contributed by atoms with Crippen molar-refractivity contribution in [2.24, 2.45) is 0 Å². The predicted octanol–water partition coefficient (Wildman–Crippen LogP) is 5.25. The smallest absolute Gasteiger partial charge is 0.332 e. The molecule has 2 aliphatic heterocycles. The fourth-order valence-electron chi connectivity index (χ4n) is 6.01. The van der Waals surface area contributed by atoms with Crippen molar-refractivity contribution in [2.45, 2.75) is 29.8 Å². The van der Waals surface area contributed by atoms with E-state index in [9.17, 15) is 17.1 Å². The number of benzene rings is 3. The molecule has 14 heteroatoms. The Morgan fingerprint density at radius 2 is 1.76 bits per heavy atom. The standard InChI is InChI=1S/C31H25ClF2N6O4S/c32-24-6-2-4-17-3-1-5-22(26(17)24)28-27(33)29-23(13-35-28)30(40-14-19-7-8-20(15-40)36-19)39-31(38-29)44-16-25(41)37-18-9-11-21(12-10-18)45(34,42)43/h1-6,9-13,19-20,36H,7-8,14-16H2,(H,37,41). The third kappa shape index (κ3) is 5.74. The molecule has 2 N–H and O–H groups in total. The van der Waals surface area contributed by atoms with Crippen LogP contribution in [0.2, 0.25) is 5.02 Å². The highest BCUT2D eigenvalue weighted by molar-refractivity contribution is 7.86. The van der Waals surface area contributed by atoms with E-state index >= 15 is 4.39 Å². The number of ether oxygens (including phenoxy) is 1. The maximum Gasteiger partial charge on any atom is 0.332 e. The number of nitrogens with zero attached hydrogens (tertiary/aromatic N) is 4. The van der Waals surface area contributed by atoms with Crippen LogP contribution in [-0.2, 0) is 15.0 Å². The highest BCUT2D eigenvalue weighted by atomic mass is 35.5. The van der Waals surface area contributed by atoms with Crippen molar-refractivity contribution < 1.29 is 26.2 Å². The minimum absolute atomic E-state index is 0.0154. The number of hydrogen-bond donors (Lipinski definition) is 2.